The second-order valence-corrected chi connectivity index (χ2v) is 3.84. The van der Waals surface area contributed by atoms with Crippen LogP contribution in [0.4, 0.5) is 18.9 Å². The first-order chi connectivity index (χ1) is 7.73. The molecule has 0 radical (unpaired) electrons. The van der Waals surface area contributed by atoms with Gasteiger partial charge >= 0.3 is 6.18 Å². The summed E-state index contributed by atoms with van der Waals surface area (Å²) in [6.07, 6.45) is -4.55. The van der Waals surface area contributed by atoms with Gasteiger partial charge in [0.25, 0.3) is 0 Å². The van der Waals surface area contributed by atoms with E-state index in [1.54, 1.807) is 0 Å². The fourth-order valence-corrected chi connectivity index (χ4v) is 1.42. The van der Waals surface area contributed by atoms with Crippen molar-refractivity contribution in [1.29, 1.82) is 0 Å². The number of halogens is 4. The van der Waals surface area contributed by atoms with Gasteiger partial charge in [-0.15, -0.1) is 0 Å². The van der Waals surface area contributed by atoms with Crippen molar-refractivity contribution in [2.24, 2.45) is 5.73 Å². The van der Waals surface area contributed by atoms with E-state index in [4.69, 9.17) is 17.3 Å². The monoisotopic (exact) mass is 266 g/mol. The SMILES string of the molecule is CC(Nc1c(Cl)cccc1C(F)(F)F)C(N)=O. The largest absolute Gasteiger partial charge is 0.418 e. The van der Waals surface area contributed by atoms with Crippen molar-refractivity contribution in [3.63, 3.8) is 0 Å². The standard InChI is InChI=1S/C10H10ClF3N2O/c1-5(9(15)17)16-8-6(10(12,13)14)3-2-4-7(8)11/h2-5,16H,1H3,(H2,15,17). The molecule has 1 rings (SSSR count). The summed E-state index contributed by atoms with van der Waals surface area (Å²) >= 11 is 5.67. The number of anilines is 1. The first-order valence-electron chi connectivity index (χ1n) is 4.65. The lowest BCUT2D eigenvalue weighted by Gasteiger charge is -2.18. The van der Waals surface area contributed by atoms with Crippen molar-refractivity contribution in [1.82, 2.24) is 0 Å². The van der Waals surface area contributed by atoms with Crippen LogP contribution in [0, 0.1) is 0 Å². The molecule has 0 aliphatic carbocycles. The maximum Gasteiger partial charge on any atom is 0.418 e. The van der Waals surface area contributed by atoms with E-state index in [0.717, 1.165) is 6.07 Å². The van der Waals surface area contributed by atoms with Crippen molar-refractivity contribution in [3.05, 3.63) is 28.8 Å². The fourth-order valence-electron chi connectivity index (χ4n) is 1.19. The Bertz CT molecular complexity index is 434. The van der Waals surface area contributed by atoms with Gasteiger partial charge in [-0.05, 0) is 19.1 Å². The van der Waals surface area contributed by atoms with E-state index in [2.05, 4.69) is 5.32 Å². The first-order valence-corrected chi connectivity index (χ1v) is 5.03. The molecule has 0 saturated heterocycles. The number of hydrogen-bond acceptors (Lipinski definition) is 2. The van der Waals surface area contributed by atoms with Crippen molar-refractivity contribution >= 4 is 23.2 Å². The van der Waals surface area contributed by atoms with Crippen LogP contribution in [0.5, 0.6) is 0 Å². The zero-order valence-electron chi connectivity index (χ0n) is 8.81. The number of nitrogens with two attached hydrogens (primary N) is 1. The van der Waals surface area contributed by atoms with Crippen molar-refractivity contribution in [2.75, 3.05) is 5.32 Å². The molecule has 0 saturated carbocycles. The molecule has 94 valence electrons. The van der Waals surface area contributed by atoms with E-state index in [1.807, 2.05) is 0 Å². The number of hydrogen-bond donors (Lipinski definition) is 2. The van der Waals surface area contributed by atoms with Crippen LogP contribution in [0.15, 0.2) is 18.2 Å². The highest BCUT2D eigenvalue weighted by molar-refractivity contribution is 6.33. The number of carbonyl (C=O) groups excluding carboxylic acids is 1. The van der Waals surface area contributed by atoms with Crippen molar-refractivity contribution in [3.8, 4) is 0 Å². The molecule has 0 bridgehead atoms. The van der Waals surface area contributed by atoms with Crippen molar-refractivity contribution < 1.29 is 18.0 Å². The lowest BCUT2D eigenvalue weighted by atomic mass is 10.1. The Balaban J connectivity index is 3.17. The minimum absolute atomic E-state index is 0.118. The van der Waals surface area contributed by atoms with Crippen LogP contribution in [0.25, 0.3) is 0 Å². The van der Waals surface area contributed by atoms with Gasteiger partial charge in [0.15, 0.2) is 0 Å². The third kappa shape index (κ3) is 3.26. The van der Waals surface area contributed by atoms with Gasteiger partial charge in [0.05, 0.1) is 16.3 Å². The van der Waals surface area contributed by atoms with E-state index >= 15 is 0 Å². The third-order valence-electron chi connectivity index (χ3n) is 2.11. The van der Waals surface area contributed by atoms with Crippen LogP contribution in [0.1, 0.15) is 12.5 Å². The number of primary amides is 1. The van der Waals surface area contributed by atoms with E-state index < -0.39 is 23.7 Å². The molecule has 0 spiro atoms. The number of alkyl halides is 3. The van der Waals surface area contributed by atoms with Gasteiger partial charge < -0.3 is 11.1 Å². The van der Waals surface area contributed by atoms with Gasteiger partial charge in [-0.1, -0.05) is 17.7 Å². The number of carbonyl (C=O) groups is 1. The fraction of sp³-hybridized carbons (Fsp3) is 0.300. The smallest absolute Gasteiger partial charge is 0.372 e. The zero-order chi connectivity index (χ0) is 13.2. The van der Waals surface area contributed by atoms with Gasteiger partial charge in [-0.2, -0.15) is 13.2 Å². The van der Waals surface area contributed by atoms with E-state index in [0.29, 0.717) is 0 Å². The summed E-state index contributed by atoms with van der Waals surface area (Å²) in [5.41, 5.74) is 3.70. The maximum absolute atomic E-state index is 12.7. The van der Waals surface area contributed by atoms with Crippen LogP contribution in [-0.2, 0) is 11.0 Å². The Morgan fingerprint density at radius 1 is 1.47 bits per heavy atom. The topological polar surface area (TPSA) is 55.1 Å². The summed E-state index contributed by atoms with van der Waals surface area (Å²) in [7, 11) is 0. The number of nitrogens with one attached hydrogen (secondary N) is 1. The normalized spacial score (nSPS) is 13.2. The van der Waals surface area contributed by atoms with Crippen LogP contribution in [-0.4, -0.2) is 11.9 Å². The zero-order valence-corrected chi connectivity index (χ0v) is 9.56. The van der Waals surface area contributed by atoms with E-state index in [9.17, 15) is 18.0 Å². The molecule has 7 heteroatoms. The lowest BCUT2D eigenvalue weighted by Crippen LogP contribution is -2.33. The molecule has 1 aromatic rings. The summed E-state index contributed by atoms with van der Waals surface area (Å²) in [5, 5.41) is 2.24. The average molecular weight is 267 g/mol. The second kappa shape index (κ2) is 4.83. The molecule has 0 fully saturated rings. The van der Waals surface area contributed by atoms with Gasteiger partial charge in [0.2, 0.25) is 5.91 Å². The Morgan fingerprint density at radius 3 is 2.53 bits per heavy atom. The molecule has 1 aromatic carbocycles. The predicted octanol–water partition coefficient (Wildman–Crippen LogP) is 2.64. The number of rotatable bonds is 3. The molecular formula is C10H10ClF3N2O. The van der Waals surface area contributed by atoms with Crippen LogP contribution in [0.3, 0.4) is 0 Å². The highest BCUT2D eigenvalue weighted by atomic mass is 35.5. The van der Waals surface area contributed by atoms with E-state index in [1.165, 1.54) is 19.1 Å². The molecule has 1 atom stereocenters. The molecule has 17 heavy (non-hydrogen) atoms. The van der Waals surface area contributed by atoms with Gasteiger partial charge in [-0.3, -0.25) is 4.79 Å². The molecule has 0 aromatic heterocycles. The predicted molar refractivity (Wildman–Crippen MR) is 58.7 cm³/mol. The number of para-hydroxylation sites is 1. The minimum Gasteiger partial charge on any atom is -0.372 e. The molecule has 0 heterocycles. The highest BCUT2D eigenvalue weighted by Gasteiger charge is 2.34. The molecule has 3 nitrogen and oxygen atoms in total. The Hall–Kier alpha value is -1.43. The number of benzene rings is 1. The van der Waals surface area contributed by atoms with Gasteiger partial charge in [0.1, 0.15) is 6.04 Å². The quantitative estimate of drug-likeness (QED) is 0.884. The Kier molecular flexibility index (Phi) is 3.87. The van der Waals surface area contributed by atoms with Crippen LogP contribution in [0.2, 0.25) is 5.02 Å². The highest BCUT2D eigenvalue weighted by Crippen LogP contribution is 2.38. The summed E-state index contributed by atoms with van der Waals surface area (Å²) in [4.78, 5) is 10.8. The van der Waals surface area contributed by atoms with Gasteiger partial charge in [0, 0.05) is 0 Å². The molecular weight excluding hydrogens is 257 g/mol. The molecule has 1 unspecified atom stereocenters. The molecule has 3 N–H and O–H groups in total. The first kappa shape index (κ1) is 13.6. The Labute approximate surface area is 101 Å². The van der Waals surface area contributed by atoms with Gasteiger partial charge in [-0.25, -0.2) is 0 Å². The third-order valence-corrected chi connectivity index (χ3v) is 2.42. The maximum atomic E-state index is 12.7. The van der Waals surface area contributed by atoms with Crippen LogP contribution < -0.4 is 11.1 Å². The van der Waals surface area contributed by atoms with E-state index in [-0.39, 0.29) is 10.7 Å². The summed E-state index contributed by atoms with van der Waals surface area (Å²) < 4.78 is 38.0. The van der Waals surface area contributed by atoms with Crippen molar-refractivity contribution in [2.45, 2.75) is 19.1 Å². The molecule has 1 amide bonds. The number of amides is 1. The summed E-state index contributed by atoms with van der Waals surface area (Å²) in [6.45, 7) is 1.35. The summed E-state index contributed by atoms with van der Waals surface area (Å²) in [6, 6.07) is 2.41. The Morgan fingerprint density at radius 2 is 2.06 bits per heavy atom. The molecule has 0 aliphatic heterocycles. The summed E-state index contributed by atoms with van der Waals surface area (Å²) in [5.74, 6) is -0.766. The minimum atomic E-state index is -4.55. The average Bonchev–Trinajstić information content (AvgIpc) is 2.18. The van der Waals surface area contributed by atoms with Crippen LogP contribution >= 0.6 is 11.6 Å². The second-order valence-electron chi connectivity index (χ2n) is 3.43. The molecule has 0 aliphatic rings. The lowest BCUT2D eigenvalue weighted by molar-refractivity contribution is -0.137.